The van der Waals surface area contributed by atoms with Gasteiger partial charge in [-0.05, 0) is 51.8 Å². The molecule has 0 saturated carbocycles. The number of aromatic nitrogens is 2. The first-order valence-corrected chi connectivity index (χ1v) is 10.4. The monoisotopic (exact) mass is 498 g/mol. The molecule has 0 spiro atoms. The highest BCUT2D eigenvalue weighted by molar-refractivity contribution is 14.0. The number of hydrogen-bond acceptors (Lipinski definition) is 3. The largest absolute Gasteiger partial charge is 0.357 e. The molecule has 2 aromatic rings. The fourth-order valence-electron chi connectivity index (χ4n) is 3.71. The molecule has 1 atom stereocenters. The predicted molar refractivity (Wildman–Crippen MR) is 128 cm³/mol. The Morgan fingerprint density at radius 1 is 1.29 bits per heavy atom. The number of aliphatic imine (C=N–C) groups is 1. The molecular formula is C21H35IN6. The fraction of sp³-hybridized carbons (Fsp3) is 0.619. The second-order valence-corrected chi connectivity index (χ2v) is 7.37. The first kappa shape index (κ1) is 22.9. The van der Waals surface area contributed by atoms with E-state index in [9.17, 15) is 0 Å². The van der Waals surface area contributed by atoms with Crippen molar-refractivity contribution in [1.29, 1.82) is 0 Å². The van der Waals surface area contributed by atoms with Crippen LogP contribution in [0.5, 0.6) is 0 Å². The summed E-state index contributed by atoms with van der Waals surface area (Å²) in [7, 11) is 0. The molecule has 3 rings (SSSR count). The lowest BCUT2D eigenvalue weighted by molar-refractivity contribution is 0.160. The Kier molecular flexibility index (Phi) is 10.0. The van der Waals surface area contributed by atoms with E-state index in [-0.39, 0.29) is 24.0 Å². The average Bonchev–Trinajstić information content (AvgIpc) is 3.09. The third-order valence-corrected chi connectivity index (χ3v) is 5.25. The maximum atomic E-state index is 4.74. The number of nitrogens with one attached hydrogen (secondary N) is 2. The minimum atomic E-state index is 0. The normalized spacial score (nSPS) is 18.1. The number of halogens is 1. The Bertz CT molecular complexity index is 696. The van der Waals surface area contributed by atoms with Crippen molar-refractivity contribution in [3.63, 3.8) is 0 Å². The Balaban J connectivity index is 0.00000280. The number of nitrogens with zero attached hydrogens (tertiary/aromatic N) is 4. The van der Waals surface area contributed by atoms with Crippen molar-refractivity contribution in [2.24, 2.45) is 4.99 Å². The molecule has 2 N–H and O–H groups in total. The van der Waals surface area contributed by atoms with Gasteiger partial charge in [-0.25, -0.2) is 4.98 Å². The van der Waals surface area contributed by atoms with Crippen molar-refractivity contribution < 1.29 is 0 Å². The summed E-state index contributed by atoms with van der Waals surface area (Å²) < 4.78 is 2.07. The molecule has 0 amide bonds. The van der Waals surface area contributed by atoms with E-state index in [1.807, 2.05) is 24.4 Å². The van der Waals surface area contributed by atoms with Crippen molar-refractivity contribution in [3.8, 4) is 0 Å². The van der Waals surface area contributed by atoms with Gasteiger partial charge in [-0.15, -0.1) is 24.0 Å². The molecule has 6 nitrogen and oxygen atoms in total. The fourth-order valence-corrected chi connectivity index (χ4v) is 3.71. The molecule has 28 heavy (non-hydrogen) atoms. The summed E-state index contributed by atoms with van der Waals surface area (Å²) in [6.07, 6.45) is 10.2. The van der Waals surface area contributed by atoms with Gasteiger partial charge in [0.25, 0.3) is 0 Å². The van der Waals surface area contributed by atoms with E-state index in [4.69, 9.17) is 4.99 Å². The van der Waals surface area contributed by atoms with Gasteiger partial charge in [0.05, 0.1) is 5.69 Å². The van der Waals surface area contributed by atoms with Crippen LogP contribution in [0.1, 0.15) is 45.2 Å². The molecule has 1 fully saturated rings. The Labute approximate surface area is 186 Å². The first-order chi connectivity index (χ1) is 13.3. The first-order valence-electron chi connectivity index (χ1n) is 10.4. The van der Waals surface area contributed by atoms with Gasteiger partial charge in [0.1, 0.15) is 5.65 Å². The third-order valence-electron chi connectivity index (χ3n) is 5.25. The lowest BCUT2D eigenvalue weighted by atomic mass is 10.0. The summed E-state index contributed by atoms with van der Waals surface area (Å²) in [5.74, 6) is 0.910. The van der Waals surface area contributed by atoms with E-state index in [2.05, 4.69) is 45.0 Å². The van der Waals surface area contributed by atoms with E-state index >= 15 is 0 Å². The molecule has 0 bridgehead atoms. The molecule has 2 aromatic heterocycles. The van der Waals surface area contributed by atoms with Gasteiger partial charge in [-0.3, -0.25) is 4.99 Å². The zero-order valence-electron chi connectivity index (χ0n) is 17.2. The van der Waals surface area contributed by atoms with Gasteiger partial charge >= 0.3 is 0 Å². The molecule has 0 radical (unpaired) electrons. The summed E-state index contributed by atoms with van der Waals surface area (Å²) in [5, 5.41) is 6.78. The predicted octanol–water partition coefficient (Wildman–Crippen LogP) is 3.31. The van der Waals surface area contributed by atoms with Crippen molar-refractivity contribution in [2.75, 3.05) is 32.7 Å². The quantitative estimate of drug-likeness (QED) is 0.254. The molecular weight excluding hydrogens is 463 g/mol. The van der Waals surface area contributed by atoms with Crippen LogP contribution in [0.3, 0.4) is 0 Å². The lowest BCUT2D eigenvalue weighted by Crippen LogP contribution is -2.39. The van der Waals surface area contributed by atoms with Gasteiger partial charge in [-0.2, -0.15) is 0 Å². The SMILES string of the molecule is CCNC(=NCCCN1CCCCC1C)NCCc1cn2ccccc2n1.I. The molecule has 156 valence electrons. The van der Waals surface area contributed by atoms with Crippen LogP contribution < -0.4 is 10.6 Å². The smallest absolute Gasteiger partial charge is 0.191 e. The standard InChI is InChI=1S/C21H34N6.HI/c1-3-22-21(23-12-8-16-26-14-6-4-9-18(26)2)24-13-11-19-17-27-15-7-5-10-20(27)25-19;/h5,7,10,15,17-18H,3-4,6,8-9,11-14,16H2,1-2H3,(H2,22,23,24);1H. The number of hydrogen-bond donors (Lipinski definition) is 2. The number of pyridine rings is 1. The Morgan fingerprint density at radius 3 is 2.96 bits per heavy atom. The van der Waals surface area contributed by atoms with Crippen molar-refractivity contribution in [3.05, 3.63) is 36.3 Å². The van der Waals surface area contributed by atoms with E-state index < -0.39 is 0 Å². The maximum absolute atomic E-state index is 4.74. The molecule has 1 unspecified atom stereocenters. The molecule has 1 saturated heterocycles. The summed E-state index contributed by atoms with van der Waals surface area (Å²) >= 11 is 0. The van der Waals surface area contributed by atoms with Crippen molar-refractivity contribution in [2.45, 2.75) is 52.0 Å². The lowest BCUT2D eigenvalue weighted by Gasteiger charge is -2.33. The summed E-state index contributed by atoms with van der Waals surface area (Å²) in [5.41, 5.74) is 2.10. The van der Waals surface area contributed by atoms with Crippen LogP contribution in [0.15, 0.2) is 35.6 Å². The van der Waals surface area contributed by atoms with Gasteiger partial charge in [0, 0.05) is 51.0 Å². The van der Waals surface area contributed by atoms with Crippen LogP contribution in [0.4, 0.5) is 0 Å². The summed E-state index contributed by atoms with van der Waals surface area (Å²) in [6.45, 7) is 9.45. The van der Waals surface area contributed by atoms with Crippen molar-refractivity contribution in [1.82, 2.24) is 24.9 Å². The van der Waals surface area contributed by atoms with Crippen LogP contribution in [-0.2, 0) is 6.42 Å². The topological polar surface area (TPSA) is 57.0 Å². The minimum absolute atomic E-state index is 0. The maximum Gasteiger partial charge on any atom is 0.191 e. The minimum Gasteiger partial charge on any atom is -0.357 e. The summed E-state index contributed by atoms with van der Waals surface area (Å²) in [4.78, 5) is 12.0. The van der Waals surface area contributed by atoms with E-state index in [1.54, 1.807) is 0 Å². The van der Waals surface area contributed by atoms with Crippen LogP contribution in [0, 0.1) is 0 Å². The van der Waals surface area contributed by atoms with Crippen LogP contribution >= 0.6 is 24.0 Å². The van der Waals surface area contributed by atoms with Crippen LogP contribution in [0.25, 0.3) is 5.65 Å². The van der Waals surface area contributed by atoms with Gasteiger partial charge in [-0.1, -0.05) is 12.5 Å². The second kappa shape index (κ2) is 12.3. The highest BCUT2D eigenvalue weighted by Crippen LogP contribution is 2.16. The van der Waals surface area contributed by atoms with Crippen molar-refractivity contribution >= 4 is 35.6 Å². The zero-order chi connectivity index (χ0) is 18.9. The molecule has 3 heterocycles. The number of imidazole rings is 1. The number of guanidine groups is 1. The molecule has 0 aromatic carbocycles. The summed E-state index contributed by atoms with van der Waals surface area (Å²) in [6, 6.07) is 6.81. The molecule has 0 aliphatic carbocycles. The number of likely N-dealkylation sites (tertiary alicyclic amines) is 1. The molecule has 1 aliphatic heterocycles. The Hall–Kier alpha value is -1.35. The molecule has 1 aliphatic rings. The van der Waals surface area contributed by atoms with Gasteiger partial charge in [0.15, 0.2) is 5.96 Å². The van der Waals surface area contributed by atoms with E-state index in [1.165, 1.54) is 25.8 Å². The third kappa shape index (κ3) is 6.92. The van der Waals surface area contributed by atoms with Crippen LogP contribution in [0.2, 0.25) is 0 Å². The number of rotatable bonds is 8. The number of piperidine rings is 1. The highest BCUT2D eigenvalue weighted by atomic mass is 127. The van der Waals surface area contributed by atoms with Gasteiger partial charge in [0.2, 0.25) is 0 Å². The number of fused-ring (bicyclic) bond motifs is 1. The second-order valence-electron chi connectivity index (χ2n) is 7.37. The van der Waals surface area contributed by atoms with Crippen LogP contribution in [-0.4, -0.2) is 59.0 Å². The Morgan fingerprint density at radius 2 is 2.18 bits per heavy atom. The highest BCUT2D eigenvalue weighted by Gasteiger charge is 2.16. The van der Waals surface area contributed by atoms with E-state index in [0.29, 0.717) is 0 Å². The average molecular weight is 498 g/mol. The zero-order valence-corrected chi connectivity index (χ0v) is 19.6. The molecule has 7 heteroatoms. The van der Waals surface area contributed by atoms with Gasteiger partial charge < -0.3 is 19.9 Å². The van der Waals surface area contributed by atoms with E-state index in [0.717, 1.165) is 62.4 Å².